The maximum atomic E-state index is 11.5. The molecular formula is C10H19NO4. The number of ether oxygens (including phenoxy) is 2. The smallest absolute Gasteiger partial charge is 0.225 e. The SMILES string of the molecule is O=C(NCCCOCCO)C1CCOC1. The second-order valence-electron chi connectivity index (χ2n) is 3.54. The van der Waals surface area contributed by atoms with Crippen molar-refractivity contribution in [3.8, 4) is 0 Å². The van der Waals surface area contributed by atoms with Crippen molar-refractivity contribution in [1.29, 1.82) is 0 Å². The number of amides is 1. The van der Waals surface area contributed by atoms with Crippen molar-refractivity contribution in [2.24, 2.45) is 5.92 Å². The van der Waals surface area contributed by atoms with E-state index in [9.17, 15) is 4.79 Å². The lowest BCUT2D eigenvalue weighted by Gasteiger charge is -2.09. The highest BCUT2D eigenvalue weighted by Crippen LogP contribution is 2.11. The van der Waals surface area contributed by atoms with E-state index in [0.717, 1.165) is 12.8 Å². The zero-order valence-electron chi connectivity index (χ0n) is 8.91. The lowest BCUT2D eigenvalue weighted by atomic mass is 10.1. The summed E-state index contributed by atoms with van der Waals surface area (Å²) >= 11 is 0. The molecule has 1 rings (SSSR count). The molecule has 1 aliphatic rings. The Morgan fingerprint density at radius 2 is 2.40 bits per heavy atom. The van der Waals surface area contributed by atoms with E-state index in [0.29, 0.717) is 33.0 Å². The van der Waals surface area contributed by atoms with Crippen LogP contribution < -0.4 is 5.32 Å². The Labute approximate surface area is 89.8 Å². The van der Waals surface area contributed by atoms with Crippen LogP contribution in [0.2, 0.25) is 0 Å². The number of rotatable bonds is 7. The van der Waals surface area contributed by atoms with E-state index >= 15 is 0 Å². The molecule has 0 spiro atoms. The van der Waals surface area contributed by atoms with Crippen LogP contribution in [0.4, 0.5) is 0 Å². The van der Waals surface area contributed by atoms with Gasteiger partial charge in [-0.2, -0.15) is 0 Å². The molecule has 0 bridgehead atoms. The number of hydrogen-bond donors (Lipinski definition) is 2. The molecule has 1 aliphatic heterocycles. The minimum atomic E-state index is 0.0309. The number of hydrogen-bond acceptors (Lipinski definition) is 4. The van der Waals surface area contributed by atoms with E-state index in [1.807, 2.05) is 0 Å². The molecule has 0 radical (unpaired) electrons. The highest BCUT2D eigenvalue weighted by molar-refractivity contribution is 5.78. The summed E-state index contributed by atoms with van der Waals surface area (Å²) in [4.78, 5) is 11.5. The normalized spacial score (nSPS) is 20.5. The summed E-state index contributed by atoms with van der Waals surface area (Å²) in [7, 11) is 0. The van der Waals surface area contributed by atoms with Crippen molar-refractivity contribution in [2.75, 3.05) is 39.6 Å². The summed E-state index contributed by atoms with van der Waals surface area (Å²) in [6.45, 7) is 2.85. The first-order valence-electron chi connectivity index (χ1n) is 5.38. The van der Waals surface area contributed by atoms with E-state index in [1.54, 1.807) is 0 Å². The molecule has 1 unspecified atom stereocenters. The van der Waals surface area contributed by atoms with Crippen LogP contribution in [-0.4, -0.2) is 50.6 Å². The van der Waals surface area contributed by atoms with Gasteiger partial charge in [0, 0.05) is 19.8 Å². The van der Waals surface area contributed by atoms with E-state index in [-0.39, 0.29) is 18.4 Å². The first-order valence-corrected chi connectivity index (χ1v) is 5.38. The molecule has 15 heavy (non-hydrogen) atoms. The van der Waals surface area contributed by atoms with E-state index in [2.05, 4.69) is 5.32 Å². The minimum Gasteiger partial charge on any atom is -0.394 e. The fourth-order valence-electron chi connectivity index (χ4n) is 1.44. The molecule has 2 N–H and O–H groups in total. The molecule has 1 saturated heterocycles. The predicted molar refractivity (Wildman–Crippen MR) is 54.5 cm³/mol. The molecule has 0 aromatic carbocycles. The highest BCUT2D eigenvalue weighted by atomic mass is 16.5. The summed E-state index contributed by atoms with van der Waals surface area (Å²) in [6, 6.07) is 0. The van der Waals surface area contributed by atoms with Crippen LogP contribution >= 0.6 is 0 Å². The quantitative estimate of drug-likeness (QED) is 0.566. The van der Waals surface area contributed by atoms with Gasteiger partial charge in [-0.1, -0.05) is 0 Å². The van der Waals surface area contributed by atoms with Gasteiger partial charge < -0.3 is 19.9 Å². The van der Waals surface area contributed by atoms with Gasteiger partial charge in [0.2, 0.25) is 5.91 Å². The van der Waals surface area contributed by atoms with Crippen LogP contribution in [0.5, 0.6) is 0 Å². The molecule has 0 aromatic heterocycles. The Kier molecular flexibility index (Phi) is 6.31. The van der Waals surface area contributed by atoms with Crippen LogP contribution in [-0.2, 0) is 14.3 Å². The molecule has 1 fully saturated rings. The standard InChI is InChI=1S/C10H19NO4/c12-4-7-14-5-1-3-11-10(13)9-2-6-15-8-9/h9,12H,1-8H2,(H,11,13). The van der Waals surface area contributed by atoms with Gasteiger partial charge >= 0.3 is 0 Å². The Morgan fingerprint density at radius 3 is 3.07 bits per heavy atom. The summed E-state index contributed by atoms with van der Waals surface area (Å²) in [5.41, 5.74) is 0. The van der Waals surface area contributed by atoms with Gasteiger partial charge in [-0.25, -0.2) is 0 Å². The largest absolute Gasteiger partial charge is 0.394 e. The summed E-state index contributed by atoms with van der Waals surface area (Å²) in [5, 5.41) is 11.3. The second-order valence-corrected chi connectivity index (χ2v) is 3.54. The molecule has 1 atom stereocenters. The van der Waals surface area contributed by atoms with Gasteiger partial charge in [-0.05, 0) is 12.8 Å². The minimum absolute atomic E-state index is 0.0309. The van der Waals surface area contributed by atoms with Crippen LogP contribution in [0.3, 0.4) is 0 Å². The van der Waals surface area contributed by atoms with Gasteiger partial charge in [-0.15, -0.1) is 0 Å². The predicted octanol–water partition coefficient (Wildman–Crippen LogP) is -0.462. The van der Waals surface area contributed by atoms with Crippen LogP contribution in [0.25, 0.3) is 0 Å². The Hall–Kier alpha value is -0.650. The van der Waals surface area contributed by atoms with Crippen molar-refractivity contribution < 1.29 is 19.4 Å². The zero-order valence-corrected chi connectivity index (χ0v) is 8.91. The Morgan fingerprint density at radius 1 is 1.53 bits per heavy atom. The molecule has 0 saturated carbocycles. The van der Waals surface area contributed by atoms with Crippen molar-refractivity contribution in [3.05, 3.63) is 0 Å². The zero-order chi connectivity index (χ0) is 10.9. The van der Waals surface area contributed by atoms with Crippen molar-refractivity contribution in [2.45, 2.75) is 12.8 Å². The van der Waals surface area contributed by atoms with Gasteiger partial charge in [-0.3, -0.25) is 4.79 Å². The third kappa shape index (κ3) is 5.11. The van der Waals surface area contributed by atoms with Crippen molar-refractivity contribution in [3.63, 3.8) is 0 Å². The molecule has 1 amide bonds. The first kappa shape index (κ1) is 12.4. The van der Waals surface area contributed by atoms with Gasteiger partial charge in [0.25, 0.3) is 0 Å². The lowest BCUT2D eigenvalue weighted by Crippen LogP contribution is -2.32. The molecule has 0 aromatic rings. The molecule has 5 heteroatoms. The number of carbonyl (C=O) groups is 1. The van der Waals surface area contributed by atoms with Crippen LogP contribution in [0.15, 0.2) is 0 Å². The first-order chi connectivity index (χ1) is 7.34. The Bertz CT molecular complexity index is 180. The average molecular weight is 217 g/mol. The van der Waals surface area contributed by atoms with Crippen LogP contribution in [0, 0.1) is 5.92 Å². The Balaban J connectivity index is 1.92. The molecule has 1 heterocycles. The maximum Gasteiger partial charge on any atom is 0.225 e. The van der Waals surface area contributed by atoms with Gasteiger partial charge in [0.05, 0.1) is 25.7 Å². The van der Waals surface area contributed by atoms with Crippen LogP contribution in [0.1, 0.15) is 12.8 Å². The summed E-state index contributed by atoms with van der Waals surface area (Å²) in [6.07, 6.45) is 1.60. The lowest BCUT2D eigenvalue weighted by molar-refractivity contribution is -0.124. The third-order valence-electron chi connectivity index (χ3n) is 2.30. The topological polar surface area (TPSA) is 67.8 Å². The summed E-state index contributed by atoms with van der Waals surface area (Å²) in [5.74, 6) is 0.109. The van der Waals surface area contributed by atoms with Gasteiger partial charge in [0.1, 0.15) is 0 Å². The average Bonchev–Trinajstić information content (AvgIpc) is 2.76. The third-order valence-corrected chi connectivity index (χ3v) is 2.30. The fourth-order valence-corrected chi connectivity index (χ4v) is 1.44. The monoisotopic (exact) mass is 217 g/mol. The molecule has 5 nitrogen and oxygen atoms in total. The number of carbonyl (C=O) groups excluding carboxylic acids is 1. The number of aliphatic hydroxyl groups excluding tert-OH is 1. The van der Waals surface area contributed by atoms with E-state index in [4.69, 9.17) is 14.6 Å². The fraction of sp³-hybridized carbons (Fsp3) is 0.900. The highest BCUT2D eigenvalue weighted by Gasteiger charge is 2.22. The maximum absolute atomic E-state index is 11.5. The van der Waals surface area contributed by atoms with E-state index < -0.39 is 0 Å². The van der Waals surface area contributed by atoms with E-state index in [1.165, 1.54) is 0 Å². The second kappa shape index (κ2) is 7.62. The number of nitrogens with one attached hydrogen (secondary N) is 1. The molecule has 0 aliphatic carbocycles. The van der Waals surface area contributed by atoms with Gasteiger partial charge in [0.15, 0.2) is 0 Å². The molecular weight excluding hydrogens is 198 g/mol. The van der Waals surface area contributed by atoms with Crippen molar-refractivity contribution >= 4 is 5.91 Å². The van der Waals surface area contributed by atoms with Crippen molar-refractivity contribution in [1.82, 2.24) is 5.32 Å². The summed E-state index contributed by atoms with van der Waals surface area (Å²) < 4.78 is 10.2. The molecule has 88 valence electrons. The number of aliphatic hydroxyl groups is 1.